The Morgan fingerprint density at radius 2 is 1.74 bits per heavy atom. The Morgan fingerprint density at radius 3 is 2.32 bits per heavy atom. The van der Waals surface area contributed by atoms with Crippen LogP contribution in [-0.4, -0.2) is 60.2 Å². The third kappa shape index (κ3) is 6.19. The molecule has 2 N–H and O–H groups in total. The number of hydrogen-bond acceptors (Lipinski definition) is 7. The van der Waals surface area contributed by atoms with Crippen molar-refractivity contribution in [2.75, 3.05) is 51.0 Å². The summed E-state index contributed by atoms with van der Waals surface area (Å²) < 4.78 is 5.46. The van der Waals surface area contributed by atoms with E-state index in [1.165, 1.54) is 0 Å². The first-order chi connectivity index (χ1) is 9.15. The second kappa shape index (κ2) is 8.47. The van der Waals surface area contributed by atoms with E-state index in [9.17, 15) is 0 Å². The minimum atomic E-state index is 0.361. The number of ether oxygens (including phenoxy) is 1. The summed E-state index contributed by atoms with van der Waals surface area (Å²) >= 11 is 0. The van der Waals surface area contributed by atoms with Gasteiger partial charge >= 0.3 is 6.01 Å². The lowest BCUT2D eigenvalue weighted by Crippen LogP contribution is -2.22. The molecule has 0 radical (unpaired) electrons. The predicted octanol–water partition coefficient (Wildman–Crippen LogP) is 1.07. The van der Waals surface area contributed by atoms with Crippen molar-refractivity contribution in [1.29, 1.82) is 0 Å². The monoisotopic (exact) mass is 268 g/mol. The normalized spacial score (nSPS) is 10.6. The van der Waals surface area contributed by atoms with Crippen LogP contribution < -0.4 is 15.4 Å². The van der Waals surface area contributed by atoms with Gasteiger partial charge in [0, 0.05) is 19.6 Å². The maximum atomic E-state index is 5.46. The van der Waals surface area contributed by atoms with E-state index in [1.807, 2.05) is 27.9 Å². The second-order valence-corrected chi connectivity index (χ2v) is 4.37. The molecule has 0 aromatic carbocycles. The summed E-state index contributed by atoms with van der Waals surface area (Å²) in [7, 11) is 4.05. The highest BCUT2D eigenvalue weighted by atomic mass is 16.5. The van der Waals surface area contributed by atoms with E-state index in [0.717, 1.165) is 26.1 Å². The van der Waals surface area contributed by atoms with Gasteiger partial charge in [0.25, 0.3) is 0 Å². The van der Waals surface area contributed by atoms with Crippen LogP contribution >= 0.6 is 0 Å². The van der Waals surface area contributed by atoms with Crippen LogP contribution in [0.2, 0.25) is 0 Å². The van der Waals surface area contributed by atoms with E-state index in [-0.39, 0.29) is 0 Å². The quantitative estimate of drug-likeness (QED) is 0.693. The SMILES string of the molecule is CCCOc1nc(NCC)nc(NCCN(C)C)n1. The Kier molecular flexibility index (Phi) is 6.88. The van der Waals surface area contributed by atoms with Crippen LogP contribution in [0.4, 0.5) is 11.9 Å². The molecule has 7 heteroatoms. The van der Waals surface area contributed by atoms with Crippen LogP contribution in [0.1, 0.15) is 20.3 Å². The van der Waals surface area contributed by atoms with Gasteiger partial charge in [0.2, 0.25) is 11.9 Å². The number of nitrogens with one attached hydrogen (secondary N) is 2. The fourth-order valence-electron chi connectivity index (χ4n) is 1.32. The predicted molar refractivity (Wildman–Crippen MR) is 76.8 cm³/mol. The average molecular weight is 268 g/mol. The van der Waals surface area contributed by atoms with Crippen LogP contribution in [0.25, 0.3) is 0 Å². The van der Waals surface area contributed by atoms with Crippen molar-refractivity contribution in [2.45, 2.75) is 20.3 Å². The highest BCUT2D eigenvalue weighted by Crippen LogP contribution is 2.11. The molecule has 0 bridgehead atoms. The molecule has 0 aliphatic heterocycles. The summed E-state index contributed by atoms with van der Waals surface area (Å²) in [6.07, 6.45) is 0.922. The minimum Gasteiger partial charge on any atom is -0.463 e. The molecule has 0 unspecified atom stereocenters. The third-order valence-corrected chi connectivity index (χ3v) is 2.23. The van der Waals surface area contributed by atoms with Crippen molar-refractivity contribution in [2.24, 2.45) is 0 Å². The molecule has 1 aromatic rings. The van der Waals surface area contributed by atoms with E-state index in [1.54, 1.807) is 0 Å². The van der Waals surface area contributed by atoms with Gasteiger partial charge in [-0.1, -0.05) is 6.92 Å². The number of likely N-dealkylation sites (N-methyl/N-ethyl adjacent to an activating group) is 1. The minimum absolute atomic E-state index is 0.361. The lowest BCUT2D eigenvalue weighted by molar-refractivity contribution is 0.292. The number of anilines is 2. The van der Waals surface area contributed by atoms with Crippen molar-refractivity contribution in [3.63, 3.8) is 0 Å². The van der Waals surface area contributed by atoms with E-state index < -0.39 is 0 Å². The van der Waals surface area contributed by atoms with Crippen molar-refractivity contribution in [3.05, 3.63) is 0 Å². The average Bonchev–Trinajstić information content (AvgIpc) is 2.36. The van der Waals surface area contributed by atoms with E-state index in [2.05, 4.69) is 30.5 Å². The molecule has 0 aliphatic carbocycles. The zero-order valence-corrected chi connectivity index (χ0v) is 12.2. The Balaban J connectivity index is 2.68. The number of aromatic nitrogens is 3. The molecule has 7 nitrogen and oxygen atoms in total. The van der Waals surface area contributed by atoms with Crippen molar-refractivity contribution < 1.29 is 4.74 Å². The van der Waals surface area contributed by atoms with Crippen LogP contribution in [0.15, 0.2) is 0 Å². The Bertz CT molecular complexity index is 371. The molecule has 0 atom stereocenters. The summed E-state index contributed by atoms with van der Waals surface area (Å²) in [4.78, 5) is 14.8. The largest absolute Gasteiger partial charge is 0.463 e. The summed E-state index contributed by atoms with van der Waals surface area (Å²) in [5, 5.41) is 6.24. The highest BCUT2D eigenvalue weighted by molar-refractivity contribution is 5.35. The first-order valence-corrected chi connectivity index (χ1v) is 6.67. The molecular formula is C12H24N6O. The van der Waals surface area contributed by atoms with Gasteiger partial charge in [-0.2, -0.15) is 15.0 Å². The molecule has 19 heavy (non-hydrogen) atoms. The number of hydrogen-bond donors (Lipinski definition) is 2. The summed E-state index contributed by atoms with van der Waals surface area (Å²) in [5.74, 6) is 1.08. The van der Waals surface area contributed by atoms with Gasteiger partial charge in [0.1, 0.15) is 0 Å². The molecule has 1 aromatic heterocycles. The molecule has 0 amide bonds. The van der Waals surface area contributed by atoms with E-state index in [4.69, 9.17) is 4.74 Å². The molecule has 1 heterocycles. The zero-order valence-electron chi connectivity index (χ0n) is 12.2. The number of nitrogens with zero attached hydrogens (tertiary/aromatic N) is 4. The third-order valence-electron chi connectivity index (χ3n) is 2.23. The van der Waals surface area contributed by atoms with E-state index in [0.29, 0.717) is 24.5 Å². The summed E-state index contributed by atoms with van der Waals surface area (Å²) in [5.41, 5.74) is 0. The molecule has 0 saturated heterocycles. The Labute approximate surface area is 114 Å². The molecule has 108 valence electrons. The Morgan fingerprint density at radius 1 is 1.05 bits per heavy atom. The topological polar surface area (TPSA) is 75.2 Å². The van der Waals surface area contributed by atoms with Crippen LogP contribution in [0, 0.1) is 0 Å². The lowest BCUT2D eigenvalue weighted by atomic mass is 10.5. The fraction of sp³-hybridized carbons (Fsp3) is 0.750. The van der Waals surface area contributed by atoms with Gasteiger partial charge in [0.15, 0.2) is 0 Å². The molecule has 0 fully saturated rings. The van der Waals surface area contributed by atoms with Gasteiger partial charge < -0.3 is 20.3 Å². The van der Waals surface area contributed by atoms with Crippen LogP contribution in [0.3, 0.4) is 0 Å². The second-order valence-electron chi connectivity index (χ2n) is 4.37. The first-order valence-electron chi connectivity index (χ1n) is 6.67. The fourth-order valence-corrected chi connectivity index (χ4v) is 1.32. The highest BCUT2D eigenvalue weighted by Gasteiger charge is 2.06. The smallest absolute Gasteiger partial charge is 0.323 e. The molecule has 1 rings (SSSR count). The summed E-state index contributed by atoms with van der Waals surface area (Å²) in [6, 6.07) is 0.361. The van der Waals surface area contributed by atoms with Crippen LogP contribution in [0.5, 0.6) is 6.01 Å². The summed E-state index contributed by atoms with van der Waals surface area (Å²) in [6.45, 7) is 7.09. The van der Waals surface area contributed by atoms with Gasteiger partial charge in [-0.3, -0.25) is 0 Å². The van der Waals surface area contributed by atoms with Gasteiger partial charge in [-0.15, -0.1) is 0 Å². The number of rotatable bonds is 9. The standard InChI is InChI=1S/C12H24N6O/c1-5-9-19-12-16-10(13-6-2)15-11(17-12)14-7-8-18(3)4/h5-9H2,1-4H3,(H2,13,14,15,16,17). The van der Waals surface area contributed by atoms with Crippen LogP contribution in [-0.2, 0) is 0 Å². The Hall–Kier alpha value is -1.63. The van der Waals surface area contributed by atoms with Crippen molar-refractivity contribution >= 4 is 11.9 Å². The molecule has 0 aliphatic rings. The molecular weight excluding hydrogens is 244 g/mol. The maximum Gasteiger partial charge on any atom is 0.323 e. The van der Waals surface area contributed by atoms with Crippen molar-refractivity contribution in [1.82, 2.24) is 19.9 Å². The maximum absolute atomic E-state index is 5.46. The molecule has 0 spiro atoms. The van der Waals surface area contributed by atoms with Crippen molar-refractivity contribution in [3.8, 4) is 6.01 Å². The first kappa shape index (κ1) is 15.4. The van der Waals surface area contributed by atoms with Gasteiger partial charge in [-0.05, 0) is 27.4 Å². The molecule has 0 saturated carbocycles. The van der Waals surface area contributed by atoms with Gasteiger partial charge in [-0.25, -0.2) is 0 Å². The van der Waals surface area contributed by atoms with E-state index >= 15 is 0 Å². The van der Waals surface area contributed by atoms with Gasteiger partial charge in [0.05, 0.1) is 6.61 Å². The zero-order chi connectivity index (χ0) is 14.1. The lowest BCUT2D eigenvalue weighted by Gasteiger charge is -2.12.